The number of aliphatic imine (C=N–C) groups is 2. The van der Waals surface area contributed by atoms with E-state index in [9.17, 15) is 15.0 Å². The van der Waals surface area contributed by atoms with Crippen LogP contribution in [0.3, 0.4) is 0 Å². The summed E-state index contributed by atoms with van der Waals surface area (Å²) in [7, 11) is 0. The minimum atomic E-state index is -0.474. The number of amides is 1. The molecule has 2 heterocycles. The SMILES string of the molecule is CCC(CO)NC1=NC(C)C(n2ccc(C(=O)NC(CO)c3ccccc3)c2)=N1. The molecule has 1 aliphatic heterocycles. The maximum absolute atomic E-state index is 12.6. The highest BCUT2D eigenvalue weighted by Gasteiger charge is 2.23. The number of rotatable bonds is 7. The third-order valence-corrected chi connectivity index (χ3v) is 4.87. The normalized spacial score (nSPS) is 18.0. The molecule has 0 aliphatic carbocycles. The molecule has 1 aromatic heterocycles. The Balaban J connectivity index is 1.69. The molecule has 1 aliphatic rings. The maximum atomic E-state index is 12.6. The molecule has 1 amide bonds. The fourth-order valence-corrected chi connectivity index (χ4v) is 3.11. The molecule has 8 heteroatoms. The summed E-state index contributed by atoms with van der Waals surface area (Å²) in [6, 6.07) is 10.3. The first-order valence-corrected chi connectivity index (χ1v) is 9.74. The van der Waals surface area contributed by atoms with Crippen molar-refractivity contribution >= 4 is 17.7 Å². The van der Waals surface area contributed by atoms with Gasteiger partial charge in [-0.25, -0.2) is 4.99 Å². The Morgan fingerprint density at radius 3 is 2.62 bits per heavy atom. The van der Waals surface area contributed by atoms with Crippen molar-refractivity contribution in [2.75, 3.05) is 13.2 Å². The molecule has 1 aromatic carbocycles. The van der Waals surface area contributed by atoms with Gasteiger partial charge in [-0.1, -0.05) is 37.3 Å². The van der Waals surface area contributed by atoms with E-state index in [1.807, 2.05) is 44.2 Å². The fraction of sp³-hybridized carbons (Fsp3) is 0.381. The van der Waals surface area contributed by atoms with E-state index in [2.05, 4.69) is 20.6 Å². The van der Waals surface area contributed by atoms with Crippen molar-refractivity contribution in [3.8, 4) is 0 Å². The first-order valence-electron chi connectivity index (χ1n) is 9.74. The van der Waals surface area contributed by atoms with Crippen molar-refractivity contribution in [1.82, 2.24) is 15.2 Å². The van der Waals surface area contributed by atoms with E-state index in [0.717, 1.165) is 12.0 Å². The average Bonchev–Trinajstić information content (AvgIpc) is 3.37. The summed E-state index contributed by atoms with van der Waals surface area (Å²) in [4.78, 5) is 21.6. The van der Waals surface area contributed by atoms with Crippen LogP contribution in [-0.4, -0.2) is 57.8 Å². The zero-order valence-corrected chi connectivity index (χ0v) is 16.6. The van der Waals surface area contributed by atoms with E-state index >= 15 is 0 Å². The van der Waals surface area contributed by atoms with E-state index in [1.165, 1.54) is 0 Å². The highest BCUT2D eigenvalue weighted by atomic mass is 16.3. The summed E-state index contributed by atoms with van der Waals surface area (Å²) < 4.78 is 1.77. The van der Waals surface area contributed by atoms with Crippen molar-refractivity contribution in [3.63, 3.8) is 0 Å². The third kappa shape index (κ3) is 4.90. The van der Waals surface area contributed by atoms with Crippen LogP contribution in [0.1, 0.15) is 42.2 Å². The van der Waals surface area contributed by atoms with Gasteiger partial charge in [-0.05, 0) is 25.0 Å². The van der Waals surface area contributed by atoms with Crippen LogP contribution in [0, 0.1) is 0 Å². The standard InChI is InChI=1S/C21H27N5O3/c1-3-17(12-27)23-21-22-14(2)19(25-21)26-10-9-16(11-26)20(29)24-18(13-28)15-7-5-4-6-8-15/h4-11,14,17-18,27-28H,3,12-13H2,1-2H3,(H,22,23)(H,24,29). The molecule has 0 saturated heterocycles. The smallest absolute Gasteiger partial charge is 0.253 e. The summed E-state index contributed by atoms with van der Waals surface area (Å²) >= 11 is 0. The lowest BCUT2D eigenvalue weighted by molar-refractivity contribution is 0.0916. The Labute approximate surface area is 170 Å². The van der Waals surface area contributed by atoms with Crippen LogP contribution < -0.4 is 10.6 Å². The highest BCUT2D eigenvalue weighted by Crippen LogP contribution is 2.14. The Morgan fingerprint density at radius 2 is 1.97 bits per heavy atom. The van der Waals surface area contributed by atoms with Gasteiger partial charge in [-0.3, -0.25) is 4.79 Å². The third-order valence-electron chi connectivity index (χ3n) is 4.87. The van der Waals surface area contributed by atoms with Crippen molar-refractivity contribution in [2.45, 2.75) is 38.4 Å². The quantitative estimate of drug-likeness (QED) is 0.565. The van der Waals surface area contributed by atoms with Gasteiger partial charge in [-0.2, -0.15) is 4.99 Å². The number of carbonyl (C=O) groups is 1. The minimum Gasteiger partial charge on any atom is -0.394 e. The number of benzene rings is 1. The number of aliphatic hydroxyl groups excluding tert-OH is 2. The average molecular weight is 397 g/mol. The van der Waals surface area contributed by atoms with Gasteiger partial charge in [0.2, 0.25) is 5.96 Å². The molecule has 3 unspecified atom stereocenters. The van der Waals surface area contributed by atoms with E-state index < -0.39 is 6.04 Å². The molecule has 154 valence electrons. The number of nitrogens with zero attached hydrogens (tertiary/aromatic N) is 3. The number of hydrogen-bond acceptors (Lipinski definition) is 6. The van der Waals surface area contributed by atoms with Crippen molar-refractivity contribution in [3.05, 3.63) is 59.9 Å². The molecule has 2 aromatic rings. The van der Waals surface area contributed by atoms with Crippen LogP contribution >= 0.6 is 0 Å². The Hall–Kier alpha value is -2.97. The number of carbonyl (C=O) groups excluding carboxylic acids is 1. The molecule has 3 atom stereocenters. The predicted octanol–water partition coefficient (Wildman–Crippen LogP) is 1.32. The van der Waals surface area contributed by atoms with Crippen LogP contribution in [0.15, 0.2) is 58.8 Å². The summed E-state index contributed by atoms with van der Waals surface area (Å²) in [5.74, 6) is 0.905. The fourth-order valence-electron chi connectivity index (χ4n) is 3.11. The number of guanidine groups is 1. The minimum absolute atomic E-state index is 0.00995. The van der Waals surface area contributed by atoms with Gasteiger partial charge in [0.1, 0.15) is 11.9 Å². The summed E-state index contributed by atoms with van der Waals surface area (Å²) in [6.07, 6.45) is 4.23. The first-order chi connectivity index (χ1) is 14.0. The van der Waals surface area contributed by atoms with Gasteiger partial charge in [-0.15, -0.1) is 0 Å². The molecule has 0 saturated carbocycles. The second-order valence-electron chi connectivity index (χ2n) is 6.96. The van der Waals surface area contributed by atoms with E-state index in [1.54, 1.807) is 23.0 Å². The Morgan fingerprint density at radius 1 is 1.21 bits per heavy atom. The van der Waals surface area contributed by atoms with E-state index in [-0.39, 0.29) is 31.2 Å². The maximum Gasteiger partial charge on any atom is 0.253 e. The van der Waals surface area contributed by atoms with Crippen LogP contribution in [0.4, 0.5) is 0 Å². The topological polar surface area (TPSA) is 111 Å². The molecule has 0 fully saturated rings. The summed E-state index contributed by atoms with van der Waals surface area (Å²) in [5.41, 5.74) is 1.31. The van der Waals surface area contributed by atoms with Gasteiger partial charge in [0.15, 0.2) is 0 Å². The lowest BCUT2D eigenvalue weighted by Crippen LogP contribution is -2.35. The lowest BCUT2D eigenvalue weighted by Gasteiger charge is -2.16. The molecule has 3 rings (SSSR count). The number of aromatic nitrogens is 1. The summed E-state index contributed by atoms with van der Waals surface area (Å²) in [6.45, 7) is 3.72. The van der Waals surface area contributed by atoms with Crippen LogP contribution in [-0.2, 0) is 0 Å². The Kier molecular flexibility index (Phi) is 6.79. The summed E-state index contributed by atoms with van der Waals surface area (Å²) in [5, 5.41) is 25.0. The van der Waals surface area contributed by atoms with Crippen LogP contribution in [0.2, 0.25) is 0 Å². The van der Waals surface area contributed by atoms with Crippen LogP contribution in [0.25, 0.3) is 0 Å². The zero-order valence-electron chi connectivity index (χ0n) is 16.6. The lowest BCUT2D eigenvalue weighted by atomic mass is 10.1. The first kappa shape index (κ1) is 20.8. The predicted molar refractivity (Wildman–Crippen MR) is 112 cm³/mol. The van der Waals surface area contributed by atoms with E-state index in [0.29, 0.717) is 17.4 Å². The monoisotopic (exact) mass is 397 g/mol. The second-order valence-corrected chi connectivity index (χ2v) is 6.96. The largest absolute Gasteiger partial charge is 0.394 e. The Bertz CT molecular complexity index is 887. The van der Waals surface area contributed by atoms with Gasteiger partial charge >= 0.3 is 0 Å². The van der Waals surface area contributed by atoms with Gasteiger partial charge in [0.05, 0.1) is 30.9 Å². The molecule has 0 spiro atoms. The highest BCUT2D eigenvalue weighted by molar-refractivity contribution is 6.05. The van der Waals surface area contributed by atoms with Gasteiger partial charge < -0.3 is 25.4 Å². The second kappa shape index (κ2) is 9.49. The number of hydrogen-bond donors (Lipinski definition) is 4. The molecule has 4 N–H and O–H groups in total. The van der Waals surface area contributed by atoms with Crippen molar-refractivity contribution < 1.29 is 15.0 Å². The van der Waals surface area contributed by atoms with Crippen molar-refractivity contribution in [2.24, 2.45) is 9.98 Å². The number of nitrogens with one attached hydrogen (secondary N) is 2. The van der Waals surface area contributed by atoms with Crippen molar-refractivity contribution in [1.29, 1.82) is 0 Å². The molecule has 8 nitrogen and oxygen atoms in total. The molecule has 29 heavy (non-hydrogen) atoms. The van der Waals surface area contributed by atoms with Gasteiger partial charge in [0.25, 0.3) is 5.91 Å². The number of aliphatic hydroxyl groups is 2. The molecule has 0 bridgehead atoms. The van der Waals surface area contributed by atoms with E-state index in [4.69, 9.17) is 0 Å². The molecular formula is C21H27N5O3. The molecule has 0 radical (unpaired) electrons. The van der Waals surface area contributed by atoms with Crippen LogP contribution in [0.5, 0.6) is 0 Å². The molecular weight excluding hydrogens is 370 g/mol. The van der Waals surface area contributed by atoms with Gasteiger partial charge in [0, 0.05) is 12.4 Å². The zero-order chi connectivity index (χ0) is 20.8.